The van der Waals surface area contributed by atoms with Crippen LogP contribution in [0.4, 0.5) is 4.39 Å². The van der Waals surface area contributed by atoms with E-state index in [9.17, 15) is 9.18 Å². The predicted octanol–water partition coefficient (Wildman–Crippen LogP) is 1.72. The number of carbonyl (C=O) groups is 1. The fourth-order valence-corrected chi connectivity index (χ4v) is 0.878. The van der Waals surface area contributed by atoms with Gasteiger partial charge in [0.25, 0.3) is 0 Å². The van der Waals surface area contributed by atoms with Gasteiger partial charge < -0.3 is 10.8 Å². The van der Waals surface area contributed by atoms with Gasteiger partial charge in [-0.25, -0.2) is 4.39 Å². The van der Waals surface area contributed by atoms with E-state index in [4.69, 9.17) is 10.8 Å². The van der Waals surface area contributed by atoms with Crippen molar-refractivity contribution < 1.29 is 14.3 Å². The molecule has 0 rings (SSSR count). The van der Waals surface area contributed by atoms with Crippen molar-refractivity contribution in [2.45, 2.75) is 26.7 Å². The number of amidine groups is 1. The zero-order valence-corrected chi connectivity index (χ0v) is 9.03. The van der Waals surface area contributed by atoms with Crippen LogP contribution in [0.3, 0.4) is 0 Å². The minimum absolute atomic E-state index is 0.0657. The molecular formula is C10H17FN2O2. The van der Waals surface area contributed by atoms with Gasteiger partial charge in [0.05, 0.1) is 18.3 Å². The Hall–Kier alpha value is -1.39. The van der Waals surface area contributed by atoms with E-state index in [0.717, 1.165) is 0 Å². The summed E-state index contributed by atoms with van der Waals surface area (Å²) in [5.41, 5.74) is 5.24. The van der Waals surface area contributed by atoms with Crippen LogP contribution in [0.2, 0.25) is 0 Å². The van der Waals surface area contributed by atoms with Gasteiger partial charge in [0, 0.05) is 0 Å². The van der Waals surface area contributed by atoms with E-state index >= 15 is 0 Å². The van der Waals surface area contributed by atoms with E-state index in [-0.39, 0.29) is 12.4 Å². The maximum absolute atomic E-state index is 13.0. The molecule has 0 saturated carbocycles. The van der Waals surface area contributed by atoms with Gasteiger partial charge in [-0.2, -0.15) is 0 Å². The van der Waals surface area contributed by atoms with Crippen molar-refractivity contribution in [1.29, 1.82) is 0 Å². The third kappa shape index (κ3) is 7.66. The van der Waals surface area contributed by atoms with Crippen LogP contribution in [-0.2, 0) is 4.79 Å². The Balaban J connectivity index is 3.86. The first-order chi connectivity index (χ1) is 6.93. The van der Waals surface area contributed by atoms with Gasteiger partial charge in [-0.15, -0.1) is 0 Å². The highest BCUT2D eigenvalue weighted by Gasteiger charge is 2.08. The van der Waals surface area contributed by atoms with Crippen molar-refractivity contribution in [3.63, 3.8) is 0 Å². The van der Waals surface area contributed by atoms with E-state index in [1.54, 1.807) is 13.8 Å². The number of aliphatic carboxylic acids is 1. The van der Waals surface area contributed by atoms with E-state index in [2.05, 4.69) is 4.99 Å². The van der Waals surface area contributed by atoms with Gasteiger partial charge in [0.15, 0.2) is 0 Å². The molecule has 0 amide bonds. The second kappa shape index (κ2) is 6.98. The fourth-order valence-electron chi connectivity index (χ4n) is 0.878. The number of aliphatic imine (C=N–C) groups is 1. The molecule has 0 bridgehead atoms. The Labute approximate surface area is 88.7 Å². The van der Waals surface area contributed by atoms with Crippen LogP contribution < -0.4 is 5.73 Å². The summed E-state index contributed by atoms with van der Waals surface area (Å²) in [6.07, 6.45) is 2.18. The lowest BCUT2D eigenvalue weighted by molar-refractivity contribution is -0.141. The Morgan fingerprint density at radius 1 is 1.67 bits per heavy atom. The van der Waals surface area contributed by atoms with Gasteiger partial charge in [-0.05, 0) is 19.8 Å². The molecule has 0 fully saturated rings. The number of hydrogen-bond donors (Lipinski definition) is 2. The largest absolute Gasteiger partial charge is 0.481 e. The van der Waals surface area contributed by atoms with Crippen LogP contribution in [0.5, 0.6) is 0 Å². The van der Waals surface area contributed by atoms with Crippen molar-refractivity contribution in [2.75, 3.05) is 6.54 Å². The Kier molecular flexibility index (Phi) is 6.33. The number of nitrogens with zero attached hydrogens (tertiary/aromatic N) is 1. The molecule has 0 aromatic heterocycles. The number of allylic oxidation sites excluding steroid dienone is 1. The van der Waals surface area contributed by atoms with Crippen molar-refractivity contribution in [3.8, 4) is 0 Å². The average molecular weight is 216 g/mol. The molecule has 15 heavy (non-hydrogen) atoms. The third-order valence-electron chi connectivity index (χ3n) is 1.87. The molecule has 0 aromatic carbocycles. The van der Waals surface area contributed by atoms with Gasteiger partial charge in [0.1, 0.15) is 5.83 Å². The summed E-state index contributed by atoms with van der Waals surface area (Å²) in [7, 11) is 0. The Bertz CT molecular complexity index is 271. The van der Waals surface area contributed by atoms with Crippen LogP contribution in [-0.4, -0.2) is 23.5 Å². The Morgan fingerprint density at radius 3 is 2.73 bits per heavy atom. The molecule has 86 valence electrons. The van der Waals surface area contributed by atoms with Crippen molar-refractivity contribution >= 4 is 11.8 Å². The van der Waals surface area contributed by atoms with Crippen molar-refractivity contribution in [2.24, 2.45) is 16.6 Å². The number of hydrogen-bond acceptors (Lipinski definition) is 2. The molecule has 0 aliphatic carbocycles. The number of rotatable bonds is 6. The molecule has 4 nitrogen and oxygen atoms in total. The number of nitrogens with two attached hydrogens (primary N) is 1. The minimum Gasteiger partial charge on any atom is -0.481 e. The summed E-state index contributed by atoms with van der Waals surface area (Å²) in [6, 6.07) is 0. The standard InChI is InChI=1S/C10H17FN2O2/c1-7(10(14)15)4-3-5-9(11)6-13-8(2)12/h5,7H,3-4,6H2,1-2H3,(H2,12,13)(H,14,15). The maximum Gasteiger partial charge on any atom is 0.306 e. The lowest BCUT2D eigenvalue weighted by Crippen LogP contribution is -2.08. The fraction of sp³-hybridized carbons (Fsp3) is 0.600. The van der Waals surface area contributed by atoms with Crippen LogP contribution in [0.25, 0.3) is 0 Å². The summed E-state index contributed by atoms with van der Waals surface area (Å²) >= 11 is 0. The molecule has 0 aliphatic heterocycles. The SMILES string of the molecule is CC(N)=NCC(F)=CCCC(C)C(=O)O. The molecule has 0 heterocycles. The van der Waals surface area contributed by atoms with Crippen LogP contribution in [0.1, 0.15) is 26.7 Å². The van der Waals surface area contributed by atoms with E-state index in [0.29, 0.717) is 18.7 Å². The number of carboxylic acids is 1. The van der Waals surface area contributed by atoms with Crippen molar-refractivity contribution in [3.05, 3.63) is 11.9 Å². The summed E-state index contributed by atoms with van der Waals surface area (Å²) in [5, 5.41) is 8.57. The molecule has 0 radical (unpaired) electrons. The maximum atomic E-state index is 13.0. The molecule has 3 N–H and O–H groups in total. The lowest BCUT2D eigenvalue weighted by Gasteiger charge is -2.02. The van der Waals surface area contributed by atoms with Gasteiger partial charge >= 0.3 is 5.97 Å². The zero-order chi connectivity index (χ0) is 11.8. The summed E-state index contributed by atoms with van der Waals surface area (Å²) in [6.45, 7) is 3.11. The quantitative estimate of drug-likeness (QED) is 0.524. The van der Waals surface area contributed by atoms with Crippen LogP contribution in [0, 0.1) is 5.92 Å². The minimum atomic E-state index is -0.861. The van der Waals surface area contributed by atoms with Gasteiger partial charge in [-0.3, -0.25) is 9.79 Å². The first-order valence-corrected chi connectivity index (χ1v) is 4.77. The Morgan fingerprint density at radius 2 is 2.27 bits per heavy atom. The lowest BCUT2D eigenvalue weighted by atomic mass is 10.1. The molecule has 0 aliphatic rings. The molecule has 1 unspecified atom stereocenters. The molecule has 0 aromatic rings. The van der Waals surface area contributed by atoms with E-state index in [1.807, 2.05) is 0 Å². The topological polar surface area (TPSA) is 75.7 Å². The highest BCUT2D eigenvalue weighted by atomic mass is 19.1. The van der Waals surface area contributed by atoms with Crippen LogP contribution in [0.15, 0.2) is 16.9 Å². The smallest absolute Gasteiger partial charge is 0.306 e. The molecule has 1 atom stereocenters. The van der Waals surface area contributed by atoms with Gasteiger partial charge in [-0.1, -0.05) is 13.0 Å². The second-order valence-corrected chi connectivity index (χ2v) is 3.43. The molecule has 5 heteroatoms. The molecular weight excluding hydrogens is 199 g/mol. The van der Waals surface area contributed by atoms with Gasteiger partial charge in [0.2, 0.25) is 0 Å². The molecule has 0 saturated heterocycles. The highest BCUT2D eigenvalue weighted by Crippen LogP contribution is 2.08. The third-order valence-corrected chi connectivity index (χ3v) is 1.87. The van der Waals surface area contributed by atoms with E-state index < -0.39 is 11.9 Å². The summed E-state index contributed by atoms with van der Waals surface area (Å²) in [4.78, 5) is 14.1. The first kappa shape index (κ1) is 13.6. The second-order valence-electron chi connectivity index (χ2n) is 3.43. The summed E-state index contributed by atoms with van der Waals surface area (Å²) in [5.74, 6) is -1.36. The number of carboxylic acid groups (broad SMARTS) is 1. The average Bonchev–Trinajstić information content (AvgIpc) is 2.14. The zero-order valence-electron chi connectivity index (χ0n) is 9.03. The normalized spacial score (nSPS) is 15.1. The first-order valence-electron chi connectivity index (χ1n) is 4.77. The number of halogens is 1. The van der Waals surface area contributed by atoms with E-state index in [1.165, 1.54) is 6.08 Å². The summed E-state index contributed by atoms with van der Waals surface area (Å²) < 4.78 is 13.0. The van der Waals surface area contributed by atoms with Crippen LogP contribution >= 0.6 is 0 Å². The highest BCUT2D eigenvalue weighted by molar-refractivity contribution is 5.77. The molecule has 0 spiro atoms. The monoisotopic (exact) mass is 216 g/mol. The van der Waals surface area contributed by atoms with Crippen molar-refractivity contribution in [1.82, 2.24) is 0 Å². The predicted molar refractivity (Wildman–Crippen MR) is 57.4 cm³/mol.